The van der Waals surface area contributed by atoms with Crippen molar-refractivity contribution in [2.75, 3.05) is 32.1 Å². The molecule has 1 saturated heterocycles. The first-order valence-corrected chi connectivity index (χ1v) is 12.9. The number of carbonyl (C=O) groups is 1. The van der Waals surface area contributed by atoms with Gasteiger partial charge in [0, 0.05) is 44.3 Å². The molecule has 8 nitrogen and oxygen atoms in total. The quantitative estimate of drug-likeness (QED) is 0.349. The van der Waals surface area contributed by atoms with E-state index in [1.807, 2.05) is 18.7 Å². The van der Waals surface area contributed by atoms with Crippen molar-refractivity contribution >= 4 is 12.0 Å². The minimum atomic E-state index is -5.02. The number of ether oxygens (including phenoxy) is 2. The van der Waals surface area contributed by atoms with Gasteiger partial charge in [-0.3, -0.25) is 0 Å². The highest BCUT2D eigenvalue weighted by Gasteiger charge is 2.37. The maximum atomic E-state index is 13.3. The fourth-order valence-electron chi connectivity index (χ4n) is 4.73. The van der Waals surface area contributed by atoms with Crippen LogP contribution in [-0.4, -0.2) is 60.3 Å². The Morgan fingerprint density at radius 2 is 1.60 bits per heavy atom. The van der Waals surface area contributed by atoms with E-state index in [0.717, 1.165) is 4.90 Å². The number of para-hydroxylation sites is 1. The molecule has 1 amide bonds. The Morgan fingerprint density at radius 1 is 1.00 bits per heavy atom. The molecule has 4 rings (SSSR count). The predicted molar refractivity (Wildman–Crippen MR) is 142 cm³/mol. The summed E-state index contributed by atoms with van der Waals surface area (Å²) in [5.74, 6) is 0.739. The van der Waals surface area contributed by atoms with E-state index in [1.54, 1.807) is 24.3 Å². The number of nitrogens with zero attached hydrogens (tertiary/aromatic N) is 4. The van der Waals surface area contributed by atoms with Crippen molar-refractivity contribution in [2.45, 2.75) is 44.8 Å². The Balaban J connectivity index is 1.65. The monoisotopic (exact) mass is 597 g/mol. The minimum Gasteiger partial charge on any atom is -0.496 e. The molecule has 42 heavy (non-hydrogen) atoms. The average Bonchev–Trinajstić information content (AvgIpc) is 2.91. The van der Waals surface area contributed by atoms with Crippen molar-refractivity contribution in [3.63, 3.8) is 0 Å². The first-order chi connectivity index (χ1) is 19.7. The van der Waals surface area contributed by atoms with Gasteiger partial charge in [0.15, 0.2) is 5.75 Å². The highest BCUT2D eigenvalue weighted by atomic mass is 19.4. The summed E-state index contributed by atoms with van der Waals surface area (Å²) in [6.45, 7) is 4.70. The van der Waals surface area contributed by atoms with Crippen molar-refractivity contribution in [3.05, 3.63) is 65.4 Å². The number of methoxy groups -OCH3 is 1. The van der Waals surface area contributed by atoms with Crippen LogP contribution in [0, 0.1) is 0 Å². The van der Waals surface area contributed by atoms with Gasteiger partial charge in [0.05, 0.1) is 24.4 Å². The van der Waals surface area contributed by atoms with Crippen molar-refractivity contribution in [1.29, 1.82) is 0 Å². The van der Waals surface area contributed by atoms with Crippen LogP contribution in [0.25, 0.3) is 11.3 Å². The molecule has 0 bridgehead atoms. The summed E-state index contributed by atoms with van der Waals surface area (Å²) in [6, 6.07) is 8.34. The number of alkyl halides is 6. The average molecular weight is 598 g/mol. The molecule has 0 unspecified atom stereocenters. The summed E-state index contributed by atoms with van der Waals surface area (Å²) >= 11 is 0. The molecule has 2 atom stereocenters. The molecule has 1 fully saturated rings. The summed E-state index contributed by atoms with van der Waals surface area (Å²) in [5.41, 5.74) is -2.63. The van der Waals surface area contributed by atoms with Gasteiger partial charge in [-0.1, -0.05) is 12.1 Å². The molecule has 0 radical (unpaired) electrons. The van der Waals surface area contributed by atoms with Gasteiger partial charge in [0.2, 0.25) is 5.95 Å². The fraction of sp³-hybridized carbons (Fsp3) is 0.393. The number of anilines is 1. The standard InChI is InChI=1S/C28H29F6N5O3/c1-16-13-39(14-17(2)36-16)25-35-12-23(24(37-25)21-7-5-6-8-22(21)41-4)42-26(40)38(3)15-18-9-19(27(29,30)31)11-20(10-18)28(32,33)34/h5-12,16-17,36H,13-15H2,1-4H3/t16-,17+. The van der Waals surface area contributed by atoms with Gasteiger partial charge in [0.25, 0.3) is 0 Å². The van der Waals surface area contributed by atoms with Crippen molar-refractivity contribution in [1.82, 2.24) is 20.2 Å². The first kappa shape index (κ1) is 30.9. The second-order valence-electron chi connectivity index (χ2n) is 10.1. The van der Waals surface area contributed by atoms with Gasteiger partial charge in [0.1, 0.15) is 11.4 Å². The summed E-state index contributed by atoms with van der Waals surface area (Å²) in [7, 11) is 2.65. The largest absolute Gasteiger partial charge is 0.496 e. The van der Waals surface area contributed by atoms with Gasteiger partial charge < -0.3 is 24.6 Å². The van der Waals surface area contributed by atoms with E-state index in [0.29, 0.717) is 42.5 Å². The first-order valence-electron chi connectivity index (χ1n) is 12.9. The zero-order chi connectivity index (χ0) is 30.8. The third-order valence-electron chi connectivity index (χ3n) is 6.52. The molecule has 2 heterocycles. The summed E-state index contributed by atoms with van der Waals surface area (Å²) in [6.07, 6.45) is -9.77. The molecule has 14 heteroatoms. The van der Waals surface area contributed by atoms with Crippen molar-refractivity contribution in [2.24, 2.45) is 0 Å². The van der Waals surface area contributed by atoms with E-state index in [4.69, 9.17) is 9.47 Å². The van der Waals surface area contributed by atoms with E-state index in [9.17, 15) is 31.1 Å². The molecule has 0 saturated carbocycles. The number of amides is 1. The number of piperazine rings is 1. The molecule has 226 valence electrons. The zero-order valence-corrected chi connectivity index (χ0v) is 23.2. The number of carbonyl (C=O) groups excluding carboxylic acids is 1. The molecule has 1 N–H and O–H groups in total. The van der Waals surface area contributed by atoms with Crippen LogP contribution in [0.15, 0.2) is 48.7 Å². The van der Waals surface area contributed by atoms with E-state index >= 15 is 0 Å². The van der Waals surface area contributed by atoms with Crippen LogP contribution in [-0.2, 0) is 18.9 Å². The normalized spacial score (nSPS) is 17.6. The Kier molecular flexibility index (Phi) is 8.85. The Bertz CT molecular complexity index is 1390. The van der Waals surface area contributed by atoms with Gasteiger partial charge in [-0.2, -0.15) is 26.3 Å². The number of hydrogen-bond donors (Lipinski definition) is 1. The Labute approximate surface area is 238 Å². The smallest absolute Gasteiger partial charge is 0.416 e. The van der Waals surface area contributed by atoms with E-state index in [1.165, 1.54) is 20.4 Å². The highest BCUT2D eigenvalue weighted by molar-refractivity contribution is 5.78. The zero-order valence-electron chi connectivity index (χ0n) is 23.2. The number of hydrogen-bond acceptors (Lipinski definition) is 7. The molecule has 2 aromatic carbocycles. The summed E-state index contributed by atoms with van der Waals surface area (Å²) < 4.78 is 90.8. The van der Waals surface area contributed by atoms with E-state index in [-0.39, 0.29) is 35.2 Å². The second kappa shape index (κ2) is 12.0. The Hall–Kier alpha value is -4.07. The minimum absolute atomic E-state index is 0.0279. The molecule has 1 aliphatic heterocycles. The lowest BCUT2D eigenvalue weighted by Crippen LogP contribution is -2.54. The molecule has 3 aromatic rings. The fourth-order valence-corrected chi connectivity index (χ4v) is 4.73. The lowest BCUT2D eigenvalue weighted by Gasteiger charge is -2.36. The third-order valence-corrected chi connectivity index (χ3v) is 6.52. The highest BCUT2D eigenvalue weighted by Crippen LogP contribution is 2.38. The SMILES string of the molecule is COc1ccccc1-c1nc(N2C[C@@H](C)N[C@@H](C)C2)ncc1OC(=O)N(C)Cc1cc(C(F)(F)F)cc(C(F)(F)F)c1. The summed E-state index contributed by atoms with van der Waals surface area (Å²) in [4.78, 5) is 24.9. The molecule has 0 aliphatic carbocycles. The molecule has 1 aromatic heterocycles. The van der Waals surface area contributed by atoms with Gasteiger partial charge >= 0.3 is 18.4 Å². The number of halogens is 6. The van der Waals surface area contributed by atoms with Crippen LogP contribution in [0.5, 0.6) is 11.5 Å². The second-order valence-corrected chi connectivity index (χ2v) is 10.1. The number of aromatic nitrogens is 2. The molecular weight excluding hydrogens is 568 g/mol. The van der Waals surface area contributed by atoms with Crippen LogP contribution < -0.4 is 19.7 Å². The molecular formula is C28H29F6N5O3. The van der Waals surface area contributed by atoms with E-state index < -0.39 is 36.1 Å². The summed E-state index contributed by atoms with van der Waals surface area (Å²) in [5, 5.41) is 3.42. The third kappa shape index (κ3) is 7.22. The van der Waals surface area contributed by atoms with Crippen molar-refractivity contribution in [3.8, 4) is 22.8 Å². The van der Waals surface area contributed by atoms with Crippen LogP contribution >= 0.6 is 0 Å². The predicted octanol–water partition coefficient (Wildman–Crippen LogP) is 6.01. The number of nitrogens with one attached hydrogen (secondary N) is 1. The Morgan fingerprint density at radius 3 is 2.17 bits per heavy atom. The van der Waals surface area contributed by atoms with Crippen molar-refractivity contribution < 1.29 is 40.6 Å². The molecule has 0 spiro atoms. The van der Waals surface area contributed by atoms with E-state index in [2.05, 4.69) is 15.3 Å². The lowest BCUT2D eigenvalue weighted by molar-refractivity contribution is -0.143. The lowest BCUT2D eigenvalue weighted by atomic mass is 10.0. The number of rotatable bonds is 6. The van der Waals surface area contributed by atoms with Gasteiger partial charge in [-0.05, 0) is 49.7 Å². The topological polar surface area (TPSA) is 79.8 Å². The van der Waals surface area contributed by atoms with Crippen LogP contribution in [0.4, 0.5) is 37.1 Å². The van der Waals surface area contributed by atoms with Crippen LogP contribution in [0.1, 0.15) is 30.5 Å². The maximum absolute atomic E-state index is 13.3. The van der Waals surface area contributed by atoms with Gasteiger partial charge in [-0.25, -0.2) is 14.8 Å². The number of benzene rings is 2. The maximum Gasteiger partial charge on any atom is 0.416 e. The van der Waals surface area contributed by atoms with Crippen LogP contribution in [0.2, 0.25) is 0 Å². The molecule has 1 aliphatic rings. The van der Waals surface area contributed by atoms with Crippen LogP contribution in [0.3, 0.4) is 0 Å². The van der Waals surface area contributed by atoms with Gasteiger partial charge in [-0.15, -0.1) is 0 Å².